The van der Waals surface area contributed by atoms with Crippen molar-refractivity contribution in [2.24, 2.45) is 0 Å². The number of phenols is 1. The lowest BCUT2D eigenvalue weighted by molar-refractivity contribution is 0.206. The van der Waals surface area contributed by atoms with Gasteiger partial charge in [0.25, 0.3) is 0 Å². The van der Waals surface area contributed by atoms with Gasteiger partial charge < -0.3 is 25.0 Å². The van der Waals surface area contributed by atoms with E-state index < -0.39 is 0 Å². The maximum atomic E-state index is 12.2. The van der Waals surface area contributed by atoms with Crippen LogP contribution >= 0.6 is 0 Å². The van der Waals surface area contributed by atoms with Gasteiger partial charge in [-0.2, -0.15) is 0 Å². The number of hydrogen-bond acceptors (Lipinski definition) is 4. The number of benzene rings is 2. The van der Waals surface area contributed by atoms with E-state index >= 15 is 0 Å². The number of nitrogens with zero attached hydrogens (tertiary/aromatic N) is 2. The van der Waals surface area contributed by atoms with Crippen molar-refractivity contribution >= 4 is 11.7 Å². The normalized spacial score (nSPS) is 10.3. The van der Waals surface area contributed by atoms with Gasteiger partial charge in [0, 0.05) is 39.4 Å². The zero-order valence-electron chi connectivity index (χ0n) is 16.3. The predicted octanol–water partition coefficient (Wildman–Crippen LogP) is 3.46. The molecular weight excluding hydrogens is 342 g/mol. The molecule has 0 heterocycles. The van der Waals surface area contributed by atoms with Gasteiger partial charge in [-0.1, -0.05) is 24.3 Å². The molecule has 0 aliphatic carbocycles. The first-order valence-electron chi connectivity index (χ1n) is 9.12. The summed E-state index contributed by atoms with van der Waals surface area (Å²) >= 11 is 0. The number of amides is 2. The molecule has 0 atom stereocenters. The molecule has 0 saturated heterocycles. The van der Waals surface area contributed by atoms with E-state index in [-0.39, 0.29) is 11.8 Å². The maximum Gasteiger partial charge on any atom is 0.317 e. The van der Waals surface area contributed by atoms with Crippen molar-refractivity contribution in [2.75, 3.05) is 39.2 Å². The van der Waals surface area contributed by atoms with Gasteiger partial charge in [0.1, 0.15) is 0 Å². The molecule has 0 fully saturated rings. The molecule has 6 heteroatoms. The SMILES string of the molecule is COc1ccc(CN(C)C(=O)NCCCCN(C)c2ccccc2)cc1O. The van der Waals surface area contributed by atoms with Crippen molar-refractivity contribution in [3.05, 3.63) is 54.1 Å². The van der Waals surface area contributed by atoms with Crippen molar-refractivity contribution in [2.45, 2.75) is 19.4 Å². The molecule has 2 amide bonds. The monoisotopic (exact) mass is 371 g/mol. The molecule has 6 nitrogen and oxygen atoms in total. The highest BCUT2D eigenvalue weighted by atomic mass is 16.5. The minimum atomic E-state index is -0.123. The Bertz CT molecular complexity index is 722. The van der Waals surface area contributed by atoms with E-state index in [0.29, 0.717) is 18.8 Å². The predicted molar refractivity (Wildman–Crippen MR) is 108 cm³/mol. The first-order valence-corrected chi connectivity index (χ1v) is 9.12. The first-order chi connectivity index (χ1) is 13.0. The Morgan fingerprint density at radius 3 is 2.52 bits per heavy atom. The van der Waals surface area contributed by atoms with E-state index in [1.807, 2.05) is 24.3 Å². The Hall–Kier alpha value is -2.89. The molecule has 0 aliphatic rings. The lowest BCUT2D eigenvalue weighted by Gasteiger charge is -2.20. The van der Waals surface area contributed by atoms with E-state index in [2.05, 4.69) is 29.4 Å². The van der Waals surface area contributed by atoms with Crippen LogP contribution in [-0.2, 0) is 6.54 Å². The highest BCUT2D eigenvalue weighted by Crippen LogP contribution is 2.26. The lowest BCUT2D eigenvalue weighted by atomic mass is 10.2. The smallest absolute Gasteiger partial charge is 0.317 e. The molecular formula is C21H29N3O3. The van der Waals surface area contributed by atoms with Crippen molar-refractivity contribution in [1.29, 1.82) is 0 Å². The first kappa shape index (κ1) is 20.4. The van der Waals surface area contributed by atoms with E-state index in [1.54, 1.807) is 24.1 Å². The number of hydrogen-bond donors (Lipinski definition) is 2. The number of unbranched alkanes of at least 4 members (excludes halogenated alkanes) is 1. The van der Waals surface area contributed by atoms with Gasteiger partial charge >= 0.3 is 6.03 Å². The van der Waals surface area contributed by atoms with Gasteiger partial charge in [0.15, 0.2) is 11.5 Å². The zero-order valence-corrected chi connectivity index (χ0v) is 16.3. The van der Waals surface area contributed by atoms with E-state index in [0.717, 1.165) is 24.9 Å². The summed E-state index contributed by atoms with van der Waals surface area (Å²) in [6.07, 6.45) is 1.92. The molecule has 0 radical (unpaired) electrons. The van der Waals surface area contributed by atoms with Gasteiger partial charge in [0.05, 0.1) is 7.11 Å². The number of anilines is 1. The Kier molecular flexibility index (Phi) is 7.79. The topological polar surface area (TPSA) is 65.0 Å². The fourth-order valence-corrected chi connectivity index (χ4v) is 2.80. The van der Waals surface area contributed by atoms with E-state index in [4.69, 9.17) is 4.74 Å². The second-order valence-electron chi connectivity index (χ2n) is 6.56. The van der Waals surface area contributed by atoms with Crippen LogP contribution in [0.2, 0.25) is 0 Å². The van der Waals surface area contributed by atoms with Crippen molar-refractivity contribution in [3.63, 3.8) is 0 Å². The lowest BCUT2D eigenvalue weighted by Crippen LogP contribution is -2.37. The largest absolute Gasteiger partial charge is 0.504 e. The Balaban J connectivity index is 1.67. The molecule has 146 valence electrons. The molecule has 0 spiro atoms. The summed E-state index contributed by atoms with van der Waals surface area (Å²) in [5.74, 6) is 0.498. The summed E-state index contributed by atoms with van der Waals surface area (Å²) in [5.41, 5.74) is 2.04. The second-order valence-corrected chi connectivity index (χ2v) is 6.56. The van der Waals surface area contributed by atoms with Gasteiger partial charge in [0.2, 0.25) is 0 Å². The van der Waals surface area contributed by atoms with Crippen LogP contribution in [0.4, 0.5) is 10.5 Å². The van der Waals surface area contributed by atoms with Crippen LogP contribution in [0.15, 0.2) is 48.5 Å². The summed E-state index contributed by atoms with van der Waals surface area (Å²) < 4.78 is 5.03. The highest BCUT2D eigenvalue weighted by Gasteiger charge is 2.10. The molecule has 0 aliphatic heterocycles. The second kappa shape index (κ2) is 10.3. The summed E-state index contributed by atoms with van der Waals surface area (Å²) in [7, 11) is 5.32. The maximum absolute atomic E-state index is 12.2. The molecule has 2 aromatic rings. The fourth-order valence-electron chi connectivity index (χ4n) is 2.80. The zero-order chi connectivity index (χ0) is 19.6. The average Bonchev–Trinajstić information content (AvgIpc) is 2.68. The highest BCUT2D eigenvalue weighted by molar-refractivity contribution is 5.73. The molecule has 0 bridgehead atoms. The molecule has 2 rings (SSSR count). The number of urea groups is 1. The van der Waals surface area contributed by atoms with Gasteiger partial charge in [-0.25, -0.2) is 4.79 Å². The molecule has 0 saturated carbocycles. The average molecular weight is 371 g/mol. The van der Waals surface area contributed by atoms with Crippen molar-refractivity contribution in [3.8, 4) is 11.5 Å². The number of nitrogens with one attached hydrogen (secondary N) is 1. The Morgan fingerprint density at radius 2 is 1.85 bits per heavy atom. The van der Waals surface area contributed by atoms with Gasteiger partial charge in [-0.15, -0.1) is 0 Å². The van der Waals surface area contributed by atoms with Crippen LogP contribution in [0.3, 0.4) is 0 Å². The third kappa shape index (κ3) is 6.40. The number of carbonyl (C=O) groups excluding carboxylic acids is 1. The van der Waals surface area contributed by atoms with Gasteiger partial charge in [-0.3, -0.25) is 0 Å². The Morgan fingerprint density at radius 1 is 1.11 bits per heavy atom. The third-order valence-electron chi connectivity index (χ3n) is 4.40. The minimum absolute atomic E-state index is 0.0753. The van der Waals surface area contributed by atoms with Crippen molar-refractivity contribution in [1.82, 2.24) is 10.2 Å². The van der Waals surface area contributed by atoms with E-state index in [1.165, 1.54) is 12.8 Å². The third-order valence-corrected chi connectivity index (χ3v) is 4.40. The van der Waals surface area contributed by atoms with Crippen LogP contribution in [0.25, 0.3) is 0 Å². The number of para-hydroxylation sites is 1. The standard InChI is InChI=1S/C21H29N3O3/c1-23(18-9-5-4-6-10-18)14-8-7-13-22-21(26)24(2)16-17-11-12-20(27-3)19(25)15-17/h4-6,9-12,15,25H,7-8,13-14,16H2,1-3H3,(H,22,26). The Labute approximate surface area is 161 Å². The minimum Gasteiger partial charge on any atom is -0.504 e. The number of rotatable bonds is 9. The molecule has 0 unspecified atom stereocenters. The number of phenolic OH excluding ortho intramolecular Hbond substituents is 1. The van der Waals surface area contributed by atoms with Crippen LogP contribution in [-0.4, -0.2) is 50.3 Å². The number of methoxy groups -OCH3 is 1. The summed E-state index contributed by atoms with van der Waals surface area (Å²) in [5, 5.41) is 12.8. The molecule has 2 aromatic carbocycles. The summed E-state index contributed by atoms with van der Waals surface area (Å²) in [6, 6.07) is 15.3. The number of aromatic hydroxyl groups is 1. The number of ether oxygens (including phenoxy) is 1. The number of carbonyl (C=O) groups is 1. The quantitative estimate of drug-likeness (QED) is 0.663. The van der Waals surface area contributed by atoms with Crippen LogP contribution in [0.1, 0.15) is 18.4 Å². The van der Waals surface area contributed by atoms with Crippen LogP contribution < -0.4 is 15.0 Å². The van der Waals surface area contributed by atoms with Crippen LogP contribution in [0, 0.1) is 0 Å². The summed E-state index contributed by atoms with van der Waals surface area (Å²) in [4.78, 5) is 16.0. The molecule has 2 N–H and O–H groups in total. The summed E-state index contributed by atoms with van der Waals surface area (Å²) in [6.45, 7) is 2.00. The van der Waals surface area contributed by atoms with E-state index in [9.17, 15) is 9.90 Å². The molecule has 27 heavy (non-hydrogen) atoms. The fraction of sp³-hybridized carbons (Fsp3) is 0.381. The van der Waals surface area contributed by atoms with Crippen molar-refractivity contribution < 1.29 is 14.6 Å². The van der Waals surface area contributed by atoms with Gasteiger partial charge in [-0.05, 0) is 42.7 Å². The molecule has 0 aromatic heterocycles. The van der Waals surface area contributed by atoms with Crippen LogP contribution in [0.5, 0.6) is 11.5 Å².